The molecule has 1 aromatic rings. The zero-order valence-corrected chi connectivity index (χ0v) is 10.9. The molecule has 2 unspecified atom stereocenters. The summed E-state index contributed by atoms with van der Waals surface area (Å²) in [6.45, 7) is 5.90. The molecule has 0 aliphatic heterocycles. The summed E-state index contributed by atoms with van der Waals surface area (Å²) in [5.41, 5.74) is 1.35. The summed E-state index contributed by atoms with van der Waals surface area (Å²) >= 11 is 0. The topological polar surface area (TPSA) is 20.2 Å². The Morgan fingerprint density at radius 1 is 1.35 bits per heavy atom. The molecule has 0 heterocycles. The molecule has 0 radical (unpaired) electrons. The molecule has 17 heavy (non-hydrogen) atoms. The van der Waals surface area contributed by atoms with E-state index in [1.807, 2.05) is 19.9 Å². The second-order valence-electron chi connectivity index (χ2n) is 5.67. The van der Waals surface area contributed by atoms with E-state index < -0.39 is 5.60 Å². The minimum atomic E-state index is -0.959. The molecule has 1 aromatic carbocycles. The molecule has 0 bridgehead atoms. The lowest BCUT2D eigenvalue weighted by Gasteiger charge is -2.37. The van der Waals surface area contributed by atoms with Gasteiger partial charge in [0.15, 0.2) is 0 Å². The van der Waals surface area contributed by atoms with Gasteiger partial charge in [0.25, 0.3) is 0 Å². The first-order chi connectivity index (χ1) is 7.92. The van der Waals surface area contributed by atoms with E-state index in [2.05, 4.69) is 6.92 Å². The van der Waals surface area contributed by atoms with Crippen molar-refractivity contribution in [2.75, 3.05) is 0 Å². The van der Waals surface area contributed by atoms with Gasteiger partial charge in [-0.25, -0.2) is 4.39 Å². The molecular formula is C15H21FO. The third-order valence-corrected chi connectivity index (χ3v) is 3.87. The summed E-state index contributed by atoms with van der Waals surface area (Å²) < 4.78 is 14.1. The minimum absolute atomic E-state index is 0.251. The monoisotopic (exact) mass is 236 g/mol. The van der Waals surface area contributed by atoms with Crippen molar-refractivity contribution < 1.29 is 9.50 Å². The number of hydrogen-bond acceptors (Lipinski definition) is 1. The summed E-state index contributed by atoms with van der Waals surface area (Å²) in [4.78, 5) is 0. The van der Waals surface area contributed by atoms with Gasteiger partial charge in [0, 0.05) is 5.56 Å². The third kappa shape index (κ3) is 2.37. The Morgan fingerprint density at radius 2 is 2.06 bits per heavy atom. The fraction of sp³-hybridized carbons (Fsp3) is 0.600. The van der Waals surface area contributed by atoms with E-state index in [9.17, 15) is 9.50 Å². The Kier molecular flexibility index (Phi) is 3.26. The number of aryl methyl sites for hydroxylation is 2. The number of halogens is 1. The van der Waals surface area contributed by atoms with Crippen LogP contribution in [0, 0.1) is 25.6 Å². The molecule has 0 aromatic heterocycles. The highest BCUT2D eigenvalue weighted by Crippen LogP contribution is 2.42. The number of benzene rings is 1. The van der Waals surface area contributed by atoms with Gasteiger partial charge in [-0.3, -0.25) is 0 Å². The van der Waals surface area contributed by atoms with Gasteiger partial charge in [0.1, 0.15) is 5.82 Å². The standard InChI is InChI=1S/C15H21FO/c1-10-5-4-6-15(17,9-10)14-12(3)7-11(2)8-13(14)16/h7-8,10,17H,4-6,9H2,1-3H3. The van der Waals surface area contributed by atoms with E-state index in [-0.39, 0.29) is 5.82 Å². The average molecular weight is 236 g/mol. The molecule has 1 saturated carbocycles. The molecule has 94 valence electrons. The van der Waals surface area contributed by atoms with Crippen LogP contribution in [0.5, 0.6) is 0 Å². The molecular weight excluding hydrogens is 215 g/mol. The third-order valence-electron chi connectivity index (χ3n) is 3.87. The molecule has 2 heteroatoms. The zero-order valence-electron chi connectivity index (χ0n) is 10.9. The van der Waals surface area contributed by atoms with Crippen molar-refractivity contribution in [2.24, 2.45) is 5.92 Å². The van der Waals surface area contributed by atoms with Crippen LogP contribution in [-0.4, -0.2) is 5.11 Å². The van der Waals surface area contributed by atoms with Crippen LogP contribution in [0.2, 0.25) is 0 Å². The number of aliphatic hydroxyl groups is 1. The van der Waals surface area contributed by atoms with Gasteiger partial charge in [-0.1, -0.05) is 19.4 Å². The van der Waals surface area contributed by atoms with E-state index in [1.165, 1.54) is 6.07 Å². The lowest BCUT2D eigenvalue weighted by molar-refractivity contribution is -0.0212. The molecule has 1 aliphatic rings. The summed E-state index contributed by atoms with van der Waals surface area (Å²) in [5.74, 6) is 0.216. The SMILES string of the molecule is Cc1cc(C)c(C2(O)CCCC(C)C2)c(F)c1. The first-order valence-corrected chi connectivity index (χ1v) is 6.42. The predicted molar refractivity (Wildman–Crippen MR) is 67.4 cm³/mol. The van der Waals surface area contributed by atoms with Gasteiger partial charge in [-0.05, 0) is 56.2 Å². The highest BCUT2D eigenvalue weighted by molar-refractivity contribution is 5.36. The Balaban J connectivity index is 2.45. The molecule has 2 atom stereocenters. The van der Waals surface area contributed by atoms with Crippen molar-refractivity contribution in [1.82, 2.24) is 0 Å². The second kappa shape index (κ2) is 4.41. The van der Waals surface area contributed by atoms with Crippen molar-refractivity contribution in [3.63, 3.8) is 0 Å². The molecule has 1 fully saturated rings. The molecule has 0 amide bonds. The zero-order chi connectivity index (χ0) is 12.6. The summed E-state index contributed by atoms with van der Waals surface area (Å²) in [5, 5.41) is 10.7. The van der Waals surface area contributed by atoms with Crippen molar-refractivity contribution in [2.45, 2.75) is 52.1 Å². The van der Waals surface area contributed by atoms with Crippen LogP contribution in [0.3, 0.4) is 0 Å². The lowest BCUT2D eigenvalue weighted by atomic mass is 9.73. The maximum absolute atomic E-state index is 14.1. The first kappa shape index (κ1) is 12.6. The average Bonchev–Trinajstić information content (AvgIpc) is 2.14. The van der Waals surface area contributed by atoms with Gasteiger partial charge in [0.05, 0.1) is 5.60 Å². The van der Waals surface area contributed by atoms with Crippen LogP contribution in [0.25, 0.3) is 0 Å². The summed E-state index contributed by atoms with van der Waals surface area (Å²) in [6.07, 6.45) is 3.46. The Bertz CT molecular complexity index is 404. The molecule has 1 N–H and O–H groups in total. The number of rotatable bonds is 1. The van der Waals surface area contributed by atoms with E-state index >= 15 is 0 Å². The van der Waals surface area contributed by atoms with E-state index in [4.69, 9.17) is 0 Å². The van der Waals surface area contributed by atoms with Gasteiger partial charge in [0.2, 0.25) is 0 Å². The smallest absolute Gasteiger partial charge is 0.129 e. The summed E-state index contributed by atoms with van der Waals surface area (Å²) in [6, 6.07) is 3.48. The largest absolute Gasteiger partial charge is 0.385 e. The van der Waals surface area contributed by atoms with Crippen LogP contribution in [0.1, 0.15) is 49.3 Å². The summed E-state index contributed by atoms with van der Waals surface area (Å²) in [7, 11) is 0. The normalized spacial score (nSPS) is 29.4. The second-order valence-corrected chi connectivity index (χ2v) is 5.67. The van der Waals surface area contributed by atoms with E-state index in [0.29, 0.717) is 24.3 Å². The molecule has 0 saturated heterocycles. The molecule has 0 spiro atoms. The highest BCUT2D eigenvalue weighted by Gasteiger charge is 2.37. The van der Waals surface area contributed by atoms with E-state index in [0.717, 1.165) is 24.0 Å². The first-order valence-electron chi connectivity index (χ1n) is 6.42. The van der Waals surface area contributed by atoms with Crippen molar-refractivity contribution in [3.05, 3.63) is 34.6 Å². The maximum atomic E-state index is 14.1. The van der Waals surface area contributed by atoms with Gasteiger partial charge in [-0.2, -0.15) is 0 Å². The van der Waals surface area contributed by atoms with Crippen LogP contribution in [0.15, 0.2) is 12.1 Å². The molecule has 1 aliphatic carbocycles. The van der Waals surface area contributed by atoms with Crippen LogP contribution in [0.4, 0.5) is 4.39 Å². The fourth-order valence-electron chi connectivity index (χ4n) is 3.26. The highest BCUT2D eigenvalue weighted by atomic mass is 19.1. The lowest BCUT2D eigenvalue weighted by Crippen LogP contribution is -2.33. The van der Waals surface area contributed by atoms with Gasteiger partial charge < -0.3 is 5.11 Å². The van der Waals surface area contributed by atoms with Crippen LogP contribution in [-0.2, 0) is 5.60 Å². The van der Waals surface area contributed by atoms with Gasteiger partial charge in [-0.15, -0.1) is 0 Å². The van der Waals surface area contributed by atoms with Crippen molar-refractivity contribution in [1.29, 1.82) is 0 Å². The Morgan fingerprint density at radius 3 is 2.65 bits per heavy atom. The van der Waals surface area contributed by atoms with E-state index in [1.54, 1.807) is 0 Å². The maximum Gasteiger partial charge on any atom is 0.129 e. The number of hydrogen-bond donors (Lipinski definition) is 1. The fourth-order valence-corrected chi connectivity index (χ4v) is 3.26. The van der Waals surface area contributed by atoms with Crippen molar-refractivity contribution >= 4 is 0 Å². The van der Waals surface area contributed by atoms with Crippen molar-refractivity contribution in [3.8, 4) is 0 Å². The minimum Gasteiger partial charge on any atom is -0.385 e. The van der Waals surface area contributed by atoms with Crippen LogP contribution < -0.4 is 0 Å². The Labute approximate surface area is 103 Å². The van der Waals surface area contributed by atoms with Crippen LogP contribution >= 0.6 is 0 Å². The molecule has 1 nitrogen and oxygen atoms in total. The molecule has 2 rings (SSSR count). The Hall–Kier alpha value is -0.890. The predicted octanol–water partition coefficient (Wildman–Crippen LogP) is 3.84. The van der Waals surface area contributed by atoms with Gasteiger partial charge >= 0.3 is 0 Å². The quantitative estimate of drug-likeness (QED) is 0.785.